The molecule has 0 amide bonds. The topological polar surface area (TPSA) is 83.5 Å². The molecular weight excluding hydrogens is 311 g/mol. The minimum atomic E-state index is -0.321. The van der Waals surface area contributed by atoms with Crippen LogP contribution in [0.3, 0.4) is 0 Å². The third kappa shape index (κ3) is 4.39. The minimum absolute atomic E-state index is 0. The van der Waals surface area contributed by atoms with E-state index in [4.69, 9.17) is 11.5 Å². The fourth-order valence-electron chi connectivity index (χ4n) is 1.21. The van der Waals surface area contributed by atoms with Crippen LogP contribution in [0.5, 0.6) is 0 Å². The van der Waals surface area contributed by atoms with Gasteiger partial charge in [-0.15, -0.1) is 0 Å². The van der Waals surface area contributed by atoms with E-state index in [2.05, 4.69) is 0 Å². The Hall–Kier alpha value is 0.568. The van der Waals surface area contributed by atoms with Gasteiger partial charge in [-0.3, -0.25) is 0 Å². The van der Waals surface area contributed by atoms with E-state index in [9.17, 15) is 0 Å². The largest absolute Gasteiger partial charge is 0.412 e. The van der Waals surface area contributed by atoms with Gasteiger partial charge in [0, 0.05) is 21.1 Å². The van der Waals surface area contributed by atoms with E-state index in [1.165, 1.54) is 19.3 Å². The first-order chi connectivity index (χ1) is 3.71. The van der Waals surface area contributed by atoms with Gasteiger partial charge in [-0.25, -0.2) is 0 Å². The first-order valence-corrected chi connectivity index (χ1v) is 3.28. The first kappa shape index (κ1) is 13.2. The van der Waals surface area contributed by atoms with Crippen LogP contribution in [0.4, 0.5) is 0 Å². The van der Waals surface area contributed by atoms with Gasteiger partial charge in [0.05, 0.1) is 5.66 Å². The van der Waals surface area contributed by atoms with Gasteiger partial charge in [0.25, 0.3) is 0 Å². The molecule has 1 fully saturated rings. The summed E-state index contributed by atoms with van der Waals surface area (Å²) in [4.78, 5) is 0. The van der Waals surface area contributed by atoms with Gasteiger partial charge in [-0.2, -0.15) is 0 Å². The maximum absolute atomic E-state index is 5.66. The predicted molar refractivity (Wildman–Crippen MR) is 37.8 cm³/mol. The summed E-state index contributed by atoms with van der Waals surface area (Å²) in [6.07, 6.45) is 5.76. The van der Waals surface area contributed by atoms with Crippen LogP contribution in [0, 0.1) is 0 Å². The van der Waals surface area contributed by atoms with E-state index in [0.29, 0.717) is 0 Å². The Bertz CT molecular complexity index is 79.8. The van der Waals surface area contributed by atoms with Crippen molar-refractivity contribution in [2.45, 2.75) is 37.8 Å². The molecule has 0 aromatic carbocycles. The van der Waals surface area contributed by atoms with Crippen molar-refractivity contribution in [2.75, 3.05) is 0 Å². The van der Waals surface area contributed by atoms with Gasteiger partial charge in [0.15, 0.2) is 0 Å². The van der Waals surface area contributed by atoms with E-state index in [0.717, 1.165) is 12.8 Å². The molecule has 6 N–H and O–H groups in total. The van der Waals surface area contributed by atoms with Crippen LogP contribution in [0.2, 0.25) is 0 Å². The zero-order chi connectivity index (χ0) is 6.04. The summed E-state index contributed by atoms with van der Waals surface area (Å²) < 4.78 is 0. The Balaban J connectivity index is 0. The molecule has 66 valence electrons. The number of hydrogen-bond donors (Lipinski definition) is 2. The summed E-state index contributed by atoms with van der Waals surface area (Å²) in [5, 5.41) is 0. The predicted octanol–water partition coefficient (Wildman–Crippen LogP) is -0.263. The molecule has 3 nitrogen and oxygen atoms in total. The maximum Gasteiger partial charge on any atom is 0.0636 e. The molecule has 1 aliphatic rings. The van der Waals surface area contributed by atoms with Gasteiger partial charge in [-0.05, 0) is 12.8 Å². The second kappa shape index (κ2) is 5.25. The van der Waals surface area contributed by atoms with Crippen LogP contribution in [0.1, 0.15) is 32.1 Å². The molecule has 10 heavy (non-hydrogen) atoms. The molecule has 0 bridgehead atoms. The van der Waals surface area contributed by atoms with Crippen molar-refractivity contribution >= 4 is 0 Å². The average Bonchev–Trinajstić information content (AvgIpc) is 1.65. The average molecular weight is 327 g/mol. The molecule has 0 atom stereocenters. The zero-order valence-electron chi connectivity index (χ0n) is 6.01. The summed E-state index contributed by atoms with van der Waals surface area (Å²) in [7, 11) is 0. The number of rotatable bonds is 0. The third-order valence-corrected chi connectivity index (χ3v) is 1.78. The molecule has 0 unspecified atom stereocenters. The minimum Gasteiger partial charge on any atom is -0.412 e. The third-order valence-electron chi connectivity index (χ3n) is 1.78. The van der Waals surface area contributed by atoms with E-state index < -0.39 is 0 Å². The second-order valence-corrected chi connectivity index (χ2v) is 2.79. The normalized spacial score (nSPS) is 22.2. The van der Waals surface area contributed by atoms with E-state index in [-0.39, 0.29) is 32.2 Å². The molecule has 0 aromatic heterocycles. The quantitative estimate of drug-likeness (QED) is 0.601. The van der Waals surface area contributed by atoms with Crippen molar-refractivity contribution in [1.82, 2.24) is 0 Å². The first-order valence-electron chi connectivity index (χ1n) is 3.28. The van der Waals surface area contributed by atoms with Crippen LogP contribution < -0.4 is 11.5 Å². The van der Waals surface area contributed by atoms with Crippen LogP contribution in [-0.2, 0) is 21.1 Å². The summed E-state index contributed by atoms with van der Waals surface area (Å²) >= 11 is 0. The van der Waals surface area contributed by atoms with Crippen LogP contribution in [0.25, 0.3) is 0 Å². The second-order valence-electron chi connectivity index (χ2n) is 2.79. The van der Waals surface area contributed by atoms with Crippen molar-refractivity contribution in [2.24, 2.45) is 11.5 Å². The van der Waals surface area contributed by atoms with Gasteiger partial charge >= 0.3 is 0 Å². The van der Waals surface area contributed by atoms with Crippen molar-refractivity contribution < 1.29 is 26.5 Å². The van der Waals surface area contributed by atoms with Crippen LogP contribution in [-0.4, -0.2) is 11.1 Å². The fourth-order valence-corrected chi connectivity index (χ4v) is 1.21. The molecule has 0 aliphatic heterocycles. The van der Waals surface area contributed by atoms with Crippen molar-refractivity contribution in [1.29, 1.82) is 0 Å². The number of nitrogens with two attached hydrogens (primary N) is 2. The van der Waals surface area contributed by atoms with Crippen LogP contribution in [0.15, 0.2) is 0 Å². The fraction of sp³-hybridized carbons (Fsp3) is 1.00. The zero-order valence-corrected chi connectivity index (χ0v) is 8.28. The van der Waals surface area contributed by atoms with E-state index in [1.54, 1.807) is 0 Å². The van der Waals surface area contributed by atoms with Crippen molar-refractivity contribution in [3.63, 3.8) is 0 Å². The molecule has 1 aliphatic carbocycles. The molecule has 0 heterocycles. The summed E-state index contributed by atoms with van der Waals surface area (Å²) in [5.41, 5.74) is 11.0. The summed E-state index contributed by atoms with van der Waals surface area (Å²) in [6, 6.07) is 0. The Morgan fingerprint density at radius 2 is 1.30 bits per heavy atom. The van der Waals surface area contributed by atoms with Crippen molar-refractivity contribution in [3.8, 4) is 0 Å². The summed E-state index contributed by atoms with van der Waals surface area (Å²) in [6.45, 7) is 0. The Morgan fingerprint density at radius 3 is 1.50 bits per heavy atom. The summed E-state index contributed by atoms with van der Waals surface area (Å²) in [5.74, 6) is 0. The molecule has 0 saturated heterocycles. The van der Waals surface area contributed by atoms with Crippen LogP contribution >= 0.6 is 0 Å². The Labute approximate surface area is 76.1 Å². The molecule has 0 radical (unpaired) electrons. The Morgan fingerprint density at radius 1 is 0.900 bits per heavy atom. The van der Waals surface area contributed by atoms with Crippen molar-refractivity contribution in [3.05, 3.63) is 0 Å². The molecular formula is C6H16N2OPt. The van der Waals surface area contributed by atoms with Gasteiger partial charge in [0.1, 0.15) is 0 Å². The number of hydrogen-bond acceptors (Lipinski definition) is 2. The molecule has 4 heteroatoms. The molecule has 1 saturated carbocycles. The molecule has 0 aromatic rings. The Kier molecular flexibility index (Phi) is 6.92. The monoisotopic (exact) mass is 327 g/mol. The SMILES string of the molecule is NC1(N)CCCCC1.O.[Pt]. The van der Waals surface area contributed by atoms with E-state index in [1.807, 2.05) is 0 Å². The van der Waals surface area contributed by atoms with E-state index >= 15 is 0 Å². The molecule has 0 spiro atoms. The van der Waals surface area contributed by atoms with Gasteiger partial charge in [-0.1, -0.05) is 19.3 Å². The van der Waals surface area contributed by atoms with Gasteiger partial charge in [0.2, 0.25) is 0 Å². The maximum atomic E-state index is 5.66. The molecule has 1 rings (SSSR count). The standard InChI is InChI=1S/C6H14N2.H2O.Pt/c7-6(8)4-2-1-3-5-6;;/h1-5,7-8H2;1H2;. The smallest absolute Gasteiger partial charge is 0.0636 e. The van der Waals surface area contributed by atoms with Gasteiger partial charge < -0.3 is 16.9 Å².